The van der Waals surface area contributed by atoms with Crippen molar-refractivity contribution in [1.29, 1.82) is 0 Å². The summed E-state index contributed by atoms with van der Waals surface area (Å²) in [5.41, 5.74) is 5.90. The summed E-state index contributed by atoms with van der Waals surface area (Å²) in [5.74, 6) is 0.253. The normalized spacial score (nSPS) is 20.6. The van der Waals surface area contributed by atoms with Crippen LogP contribution in [0.3, 0.4) is 0 Å². The first-order valence-electron chi connectivity index (χ1n) is 11.3. The molecule has 0 aromatic rings. The van der Waals surface area contributed by atoms with E-state index in [1.54, 1.807) is 0 Å². The van der Waals surface area contributed by atoms with Gasteiger partial charge in [0.05, 0.1) is 0 Å². The Hall–Kier alpha value is -0.570. The average molecular weight is 353 g/mol. The van der Waals surface area contributed by atoms with Crippen molar-refractivity contribution in [2.24, 2.45) is 5.73 Å². The molecule has 0 spiro atoms. The lowest BCUT2D eigenvalue weighted by molar-refractivity contribution is -0.122. The Labute approximate surface area is 156 Å². The van der Waals surface area contributed by atoms with Crippen molar-refractivity contribution in [2.45, 2.75) is 135 Å². The zero-order valence-electron chi connectivity index (χ0n) is 16.9. The molecule has 1 aliphatic carbocycles. The van der Waals surface area contributed by atoms with E-state index in [-0.39, 0.29) is 5.91 Å². The van der Waals surface area contributed by atoms with Crippen LogP contribution in [-0.2, 0) is 4.79 Å². The summed E-state index contributed by atoms with van der Waals surface area (Å²) in [6.45, 7) is 2.28. The molecule has 1 saturated carbocycles. The molecule has 0 bridgehead atoms. The summed E-state index contributed by atoms with van der Waals surface area (Å²) in [4.78, 5) is 12.0. The Morgan fingerprint density at radius 2 is 1.20 bits per heavy atom. The predicted octanol–water partition coefficient (Wildman–Crippen LogP) is 5.85. The first-order chi connectivity index (χ1) is 12.2. The molecule has 3 N–H and O–H groups in total. The minimum absolute atomic E-state index is 0.253. The molecule has 0 radical (unpaired) electrons. The molecule has 1 aliphatic rings. The van der Waals surface area contributed by atoms with Gasteiger partial charge >= 0.3 is 0 Å². The Balaban J connectivity index is 1.78. The van der Waals surface area contributed by atoms with Gasteiger partial charge in [0.1, 0.15) is 0 Å². The van der Waals surface area contributed by atoms with Crippen LogP contribution in [0.2, 0.25) is 0 Å². The third-order valence-electron chi connectivity index (χ3n) is 5.64. The second-order valence-corrected chi connectivity index (χ2v) is 8.17. The fourth-order valence-corrected chi connectivity index (χ4v) is 3.87. The number of nitrogens with one attached hydrogen (secondary N) is 1. The highest BCUT2D eigenvalue weighted by Gasteiger charge is 2.19. The van der Waals surface area contributed by atoms with E-state index in [2.05, 4.69) is 12.2 Å². The van der Waals surface area contributed by atoms with Gasteiger partial charge in [0.25, 0.3) is 0 Å². The van der Waals surface area contributed by atoms with Crippen molar-refractivity contribution >= 4 is 5.91 Å². The monoisotopic (exact) mass is 352 g/mol. The van der Waals surface area contributed by atoms with Crippen molar-refractivity contribution in [3.63, 3.8) is 0 Å². The van der Waals surface area contributed by atoms with Gasteiger partial charge in [-0.1, -0.05) is 84.0 Å². The first-order valence-corrected chi connectivity index (χ1v) is 11.3. The Morgan fingerprint density at radius 1 is 0.760 bits per heavy atom. The molecule has 25 heavy (non-hydrogen) atoms. The quantitative estimate of drug-likeness (QED) is 0.363. The van der Waals surface area contributed by atoms with Crippen LogP contribution in [0.4, 0.5) is 0 Å². The van der Waals surface area contributed by atoms with Crippen LogP contribution in [-0.4, -0.2) is 18.0 Å². The van der Waals surface area contributed by atoms with E-state index >= 15 is 0 Å². The predicted molar refractivity (Wildman–Crippen MR) is 109 cm³/mol. The van der Waals surface area contributed by atoms with Gasteiger partial charge in [-0.2, -0.15) is 0 Å². The van der Waals surface area contributed by atoms with E-state index in [9.17, 15) is 4.79 Å². The number of rotatable bonds is 15. The van der Waals surface area contributed by atoms with Crippen molar-refractivity contribution in [3.8, 4) is 0 Å². The second-order valence-electron chi connectivity index (χ2n) is 8.17. The number of unbranched alkanes of at least 4 members (excludes halogenated alkanes) is 12. The Bertz CT molecular complexity index is 311. The van der Waals surface area contributed by atoms with Crippen molar-refractivity contribution in [3.05, 3.63) is 0 Å². The van der Waals surface area contributed by atoms with Crippen molar-refractivity contribution in [2.75, 3.05) is 0 Å². The third kappa shape index (κ3) is 13.3. The van der Waals surface area contributed by atoms with Gasteiger partial charge < -0.3 is 11.1 Å². The fourth-order valence-electron chi connectivity index (χ4n) is 3.87. The van der Waals surface area contributed by atoms with Crippen LogP contribution in [0.5, 0.6) is 0 Å². The number of hydrogen-bond acceptors (Lipinski definition) is 2. The summed E-state index contributed by atoms with van der Waals surface area (Å²) in [6, 6.07) is 0.739. The molecule has 3 nitrogen and oxygen atoms in total. The SMILES string of the molecule is CCCCCCCCCCCCCCCC(=O)NC1CCC(N)CC1. The molecule has 0 aromatic carbocycles. The highest BCUT2D eigenvalue weighted by Crippen LogP contribution is 2.17. The Kier molecular flexibility index (Phi) is 14.1. The Morgan fingerprint density at radius 3 is 1.68 bits per heavy atom. The maximum atomic E-state index is 12.0. The maximum Gasteiger partial charge on any atom is 0.220 e. The minimum atomic E-state index is 0.253. The van der Waals surface area contributed by atoms with E-state index in [4.69, 9.17) is 5.73 Å². The summed E-state index contributed by atoms with van der Waals surface area (Å²) >= 11 is 0. The molecule has 0 saturated heterocycles. The number of carbonyl (C=O) groups excluding carboxylic acids is 1. The van der Waals surface area contributed by atoms with Gasteiger partial charge in [-0.15, -0.1) is 0 Å². The molecule has 1 amide bonds. The third-order valence-corrected chi connectivity index (χ3v) is 5.64. The van der Waals surface area contributed by atoms with Gasteiger partial charge in [-0.3, -0.25) is 4.79 Å². The molecule has 0 unspecified atom stereocenters. The lowest BCUT2D eigenvalue weighted by atomic mass is 9.92. The summed E-state index contributed by atoms with van der Waals surface area (Å²) in [6.07, 6.45) is 22.5. The van der Waals surface area contributed by atoms with Crippen LogP contribution in [0.1, 0.15) is 122 Å². The van der Waals surface area contributed by atoms with Gasteiger partial charge in [-0.25, -0.2) is 0 Å². The highest BCUT2D eigenvalue weighted by molar-refractivity contribution is 5.76. The molecule has 0 aliphatic heterocycles. The highest BCUT2D eigenvalue weighted by atomic mass is 16.1. The van der Waals surface area contributed by atoms with E-state index in [1.807, 2.05) is 0 Å². The molecule has 148 valence electrons. The van der Waals surface area contributed by atoms with Crippen LogP contribution in [0.25, 0.3) is 0 Å². The molecule has 1 rings (SSSR count). The van der Waals surface area contributed by atoms with Crippen molar-refractivity contribution < 1.29 is 4.79 Å². The molecular weight excluding hydrogens is 308 g/mol. The lowest BCUT2D eigenvalue weighted by Crippen LogP contribution is -2.40. The maximum absolute atomic E-state index is 12.0. The summed E-state index contributed by atoms with van der Waals surface area (Å²) in [7, 11) is 0. The molecule has 0 heterocycles. The first kappa shape index (κ1) is 22.5. The number of carbonyl (C=O) groups is 1. The number of hydrogen-bond donors (Lipinski definition) is 2. The molecule has 1 fully saturated rings. The minimum Gasteiger partial charge on any atom is -0.353 e. The number of amides is 1. The van der Waals surface area contributed by atoms with Crippen LogP contribution in [0, 0.1) is 0 Å². The van der Waals surface area contributed by atoms with E-state index in [1.165, 1.54) is 77.0 Å². The van der Waals surface area contributed by atoms with Crippen LogP contribution < -0.4 is 11.1 Å². The summed E-state index contributed by atoms with van der Waals surface area (Å²) < 4.78 is 0. The van der Waals surface area contributed by atoms with E-state index in [0.29, 0.717) is 18.5 Å². The van der Waals surface area contributed by atoms with E-state index < -0.39 is 0 Å². The topological polar surface area (TPSA) is 55.1 Å². The van der Waals surface area contributed by atoms with E-state index in [0.717, 1.165) is 32.1 Å². The summed E-state index contributed by atoms with van der Waals surface area (Å²) in [5, 5.41) is 3.19. The molecular formula is C22H44N2O. The van der Waals surface area contributed by atoms with Gasteiger partial charge in [0, 0.05) is 18.5 Å². The average Bonchev–Trinajstić information content (AvgIpc) is 2.61. The fraction of sp³-hybridized carbons (Fsp3) is 0.955. The van der Waals surface area contributed by atoms with Gasteiger partial charge in [0.2, 0.25) is 5.91 Å². The largest absolute Gasteiger partial charge is 0.353 e. The zero-order valence-corrected chi connectivity index (χ0v) is 16.9. The van der Waals surface area contributed by atoms with Gasteiger partial charge in [-0.05, 0) is 32.1 Å². The molecule has 0 atom stereocenters. The smallest absolute Gasteiger partial charge is 0.220 e. The van der Waals surface area contributed by atoms with Crippen molar-refractivity contribution in [1.82, 2.24) is 5.32 Å². The lowest BCUT2D eigenvalue weighted by Gasteiger charge is -2.26. The molecule has 0 aromatic heterocycles. The standard InChI is InChI=1S/C22H44N2O/c1-2-3-4-5-6-7-8-9-10-11-12-13-14-15-22(25)24-21-18-16-20(23)17-19-21/h20-21H,2-19,23H2,1H3,(H,24,25). The number of nitrogens with two attached hydrogens (primary N) is 1. The second kappa shape index (κ2) is 15.7. The van der Waals surface area contributed by atoms with Gasteiger partial charge in [0.15, 0.2) is 0 Å². The molecule has 3 heteroatoms. The zero-order chi connectivity index (χ0) is 18.2. The van der Waals surface area contributed by atoms with Crippen LogP contribution >= 0.6 is 0 Å². The van der Waals surface area contributed by atoms with Crippen LogP contribution in [0.15, 0.2) is 0 Å².